The van der Waals surface area contributed by atoms with Crippen molar-refractivity contribution in [3.05, 3.63) is 212 Å². The van der Waals surface area contributed by atoms with Crippen molar-refractivity contribution in [3.8, 4) is 50.2 Å². The van der Waals surface area contributed by atoms with Gasteiger partial charge in [0.05, 0.1) is 11.0 Å². The molecule has 1 aromatic heterocycles. The molecule has 256 valence electrons. The zero-order chi connectivity index (χ0) is 36.3. The van der Waals surface area contributed by atoms with E-state index in [0.717, 1.165) is 5.69 Å². The number of benzene rings is 10. The molecular weight excluding hydrogens is 663 g/mol. The summed E-state index contributed by atoms with van der Waals surface area (Å²) in [6, 6.07) is 77.8. The molecule has 1 heteroatoms. The van der Waals surface area contributed by atoms with Crippen LogP contribution in [0.25, 0.3) is 104 Å². The molecule has 10 aromatic carbocycles. The molecule has 1 heterocycles. The third-order valence-electron chi connectivity index (χ3n) is 11.4. The standard InChI is InChI=1S/C54H35N/c1-2-17-37(18-3-1)52-42-23-5-4-16-36(42)32-33-43(52)38-19-14-20-39(34-38)53-46-26-6-8-28-48(46)54(49-29-9-7-27-47(49)53)40-21-15-22-41(35-40)55-50-30-12-10-24-44(50)45-25-11-13-31-51(45)55/h1-35H. The fourth-order valence-corrected chi connectivity index (χ4v) is 9.02. The number of aromatic nitrogens is 1. The first kappa shape index (κ1) is 31.3. The topological polar surface area (TPSA) is 4.93 Å². The molecule has 0 fully saturated rings. The van der Waals surface area contributed by atoms with Crippen molar-refractivity contribution in [2.75, 3.05) is 0 Å². The summed E-state index contributed by atoms with van der Waals surface area (Å²) in [5.74, 6) is 0. The SMILES string of the molecule is c1ccc(-c2c(-c3cccc(-c4c5ccccc5c(-c5cccc(-n6c7ccccc7c7ccccc76)c5)c5ccccc45)c3)ccc3ccccc23)cc1. The van der Waals surface area contributed by atoms with Gasteiger partial charge in [0.15, 0.2) is 0 Å². The first-order valence-corrected chi connectivity index (χ1v) is 19.0. The van der Waals surface area contributed by atoms with Crippen LogP contribution < -0.4 is 0 Å². The van der Waals surface area contributed by atoms with Gasteiger partial charge in [0.1, 0.15) is 0 Å². The van der Waals surface area contributed by atoms with Crippen LogP contribution >= 0.6 is 0 Å². The Kier molecular flexibility index (Phi) is 7.25. The summed E-state index contributed by atoms with van der Waals surface area (Å²) in [7, 11) is 0. The maximum Gasteiger partial charge on any atom is 0.0541 e. The second kappa shape index (κ2) is 12.7. The van der Waals surface area contributed by atoms with Crippen LogP contribution in [0.3, 0.4) is 0 Å². The largest absolute Gasteiger partial charge is 0.309 e. The van der Waals surface area contributed by atoms with Crippen molar-refractivity contribution in [1.29, 1.82) is 0 Å². The van der Waals surface area contributed by atoms with Gasteiger partial charge in [-0.15, -0.1) is 0 Å². The molecule has 55 heavy (non-hydrogen) atoms. The maximum absolute atomic E-state index is 2.41. The van der Waals surface area contributed by atoms with E-state index in [1.807, 2.05) is 0 Å². The van der Waals surface area contributed by atoms with Crippen LogP contribution in [-0.2, 0) is 0 Å². The lowest BCUT2D eigenvalue weighted by molar-refractivity contribution is 1.18. The normalized spacial score (nSPS) is 11.6. The Morgan fingerprint density at radius 2 is 0.709 bits per heavy atom. The number of hydrogen-bond donors (Lipinski definition) is 0. The van der Waals surface area contributed by atoms with E-state index in [4.69, 9.17) is 0 Å². The van der Waals surface area contributed by atoms with Gasteiger partial charge in [0.25, 0.3) is 0 Å². The van der Waals surface area contributed by atoms with E-state index >= 15 is 0 Å². The summed E-state index contributed by atoms with van der Waals surface area (Å²) >= 11 is 0. The Morgan fingerprint density at radius 1 is 0.255 bits per heavy atom. The molecule has 0 amide bonds. The van der Waals surface area contributed by atoms with Crippen LogP contribution in [0.15, 0.2) is 212 Å². The lowest BCUT2D eigenvalue weighted by atomic mass is 9.84. The lowest BCUT2D eigenvalue weighted by Crippen LogP contribution is -1.95. The van der Waals surface area contributed by atoms with Gasteiger partial charge in [0, 0.05) is 16.5 Å². The highest BCUT2D eigenvalue weighted by Crippen LogP contribution is 2.46. The van der Waals surface area contributed by atoms with Gasteiger partial charge < -0.3 is 4.57 Å². The van der Waals surface area contributed by atoms with Crippen LogP contribution in [0.2, 0.25) is 0 Å². The minimum atomic E-state index is 1.16. The third kappa shape index (κ3) is 5.01. The van der Waals surface area contributed by atoms with Gasteiger partial charge >= 0.3 is 0 Å². The van der Waals surface area contributed by atoms with Crippen molar-refractivity contribution < 1.29 is 0 Å². The zero-order valence-corrected chi connectivity index (χ0v) is 30.2. The van der Waals surface area contributed by atoms with E-state index in [1.54, 1.807) is 0 Å². The van der Waals surface area contributed by atoms with Crippen molar-refractivity contribution in [3.63, 3.8) is 0 Å². The molecule has 0 aliphatic rings. The van der Waals surface area contributed by atoms with Crippen molar-refractivity contribution in [2.24, 2.45) is 0 Å². The summed E-state index contributed by atoms with van der Waals surface area (Å²) in [6.07, 6.45) is 0. The van der Waals surface area contributed by atoms with E-state index in [2.05, 4.69) is 217 Å². The van der Waals surface area contributed by atoms with Gasteiger partial charge in [-0.3, -0.25) is 0 Å². The molecule has 0 spiro atoms. The highest BCUT2D eigenvalue weighted by molar-refractivity contribution is 6.22. The highest BCUT2D eigenvalue weighted by Gasteiger charge is 2.19. The molecule has 0 N–H and O–H groups in total. The zero-order valence-electron chi connectivity index (χ0n) is 30.2. The Labute approximate surface area is 320 Å². The summed E-state index contributed by atoms with van der Waals surface area (Å²) in [4.78, 5) is 0. The van der Waals surface area contributed by atoms with Gasteiger partial charge in [-0.2, -0.15) is 0 Å². The predicted molar refractivity (Wildman–Crippen MR) is 235 cm³/mol. The Morgan fingerprint density at radius 3 is 1.33 bits per heavy atom. The molecule has 11 aromatic rings. The van der Waals surface area contributed by atoms with E-state index in [0.29, 0.717) is 0 Å². The predicted octanol–water partition coefficient (Wildman–Crippen LogP) is 14.9. The maximum atomic E-state index is 2.41. The fraction of sp³-hybridized carbons (Fsp3) is 0. The third-order valence-corrected chi connectivity index (χ3v) is 11.4. The second-order valence-electron chi connectivity index (χ2n) is 14.4. The van der Waals surface area contributed by atoms with E-state index < -0.39 is 0 Å². The number of rotatable bonds is 5. The first-order chi connectivity index (χ1) is 27.3. The summed E-state index contributed by atoms with van der Waals surface area (Å²) in [5.41, 5.74) is 13.5. The van der Waals surface area contributed by atoms with Crippen LogP contribution in [0.4, 0.5) is 0 Å². The van der Waals surface area contributed by atoms with Gasteiger partial charge in [-0.05, 0) is 107 Å². The highest BCUT2D eigenvalue weighted by atomic mass is 15.0. The number of para-hydroxylation sites is 2. The average Bonchev–Trinajstić information content (AvgIpc) is 3.60. The molecular formula is C54H35N. The van der Waals surface area contributed by atoms with Crippen LogP contribution in [0.5, 0.6) is 0 Å². The Balaban J connectivity index is 1.13. The second-order valence-corrected chi connectivity index (χ2v) is 14.4. The number of fused-ring (bicyclic) bond motifs is 6. The Hall–Kier alpha value is -7.22. The molecule has 0 aliphatic heterocycles. The smallest absolute Gasteiger partial charge is 0.0541 e. The number of hydrogen-bond acceptors (Lipinski definition) is 0. The Bertz CT molecular complexity index is 3150. The van der Waals surface area contributed by atoms with Crippen molar-refractivity contribution >= 4 is 54.1 Å². The molecule has 0 unspecified atom stereocenters. The summed E-state index contributed by atoms with van der Waals surface area (Å²) < 4.78 is 2.41. The van der Waals surface area contributed by atoms with Crippen LogP contribution in [0.1, 0.15) is 0 Å². The summed E-state index contributed by atoms with van der Waals surface area (Å²) in [5, 5.41) is 10.0. The van der Waals surface area contributed by atoms with E-state index in [9.17, 15) is 0 Å². The quantitative estimate of drug-likeness (QED) is 0.158. The monoisotopic (exact) mass is 697 g/mol. The molecule has 0 atom stereocenters. The van der Waals surface area contributed by atoms with Gasteiger partial charge in [-0.25, -0.2) is 0 Å². The van der Waals surface area contributed by atoms with Crippen molar-refractivity contribution in [1.82, 2.24) is 4.57 Å². The lowest BCUT2D eigenvalue weighted by Gasteiger charge is -2.19. The molecule has 0 saturated carbocycles. The molecule has 0 radical (unpaired) electrons. The van der Waals surface area contributed by atoms with Crippen molar-refractivity contribution in [2.45, 2.75) is 0 Å². The molecule has 1 nitrogen and oxygen atoms in total. The molecule has 11 rings (SSSR count). The van der Waals surface area contributed by atoms with E-state index in [-0.39, 0.29) is 0 Å². The van der Waals surface area contributed by atoms with Crippen LogP contribution in [-0.4, -0.2) is 4.57 Å². The van der Waals surface area contributed by atoms with Gasteiger partial charge in [-0.1, -0.05) is 182 Å². The molecule has 0 bridgehead atoms. The molecule has 0 saturated heterocycles. The van der Waals surface area contributed by atoms with Gasteiger partial charge in [0.2, 0.25) is 0 Å². The fourth-order valence-electron chi connectivity index (χ4n) is 9.02. The average molecular weight is 698 g/mol. The van der Waals surface area contributed by atoms with E-state index in [1.165, 1.54) is 98.6 Å². The first-order valence-electron chi connectivity index (χ1n) is 19.0. The minimum absolute atomic E-state index is 1.16. The molecule has 0 aliphatic carbocycles. The summed E-state index contributed by atoms with van der Waals surface area (Å²) in [6.45, 7) is 0. The minimum Gasteiger partial charge on any atom is -0.309 e. The number of nitrogens with zero attached hydrogens (tertiary/aromatic N) is 1. The van der Waals surface area contributed by atoms with Crippen LogP contribution in [0, 0.1) is 0 Å².